The van der Waals surface area contributed by atoms with E-state index in [1.807, 2.05) is 16.8 Å². The number of rotatable bonds is 9. The summed E-state index contributed by atoms with van der Waals surface area (Å²) in [5, 5.41) is 11.5. The first kappa shape index (κ1) is 29.9. The molecule has 1 aromatic heterocycles. The lowest BCUT2D eigenvalue weighted by Crippen LogP contribution is -2.30. The topological polar surface area (TPSA) is 87.3 Å². The molecule has 3 amide bonds. The van der Waals surface area contributed by atoms with Gasteiger partial charge in [0, 0.05) is 16.1 Å². The Morgan fingerprint density at radius 1 is 0.927 bits per heavy atom. The number of amides is 3. The fourth-order valence-corrected chi connectivity index (χ4v) is 4.91. The minimum Gasteiger partial charge on any atom is -0.324 e. The van der Waals surface area contributed by atoms with Gasteiger partial charge in [0.25, 0.3) is 11.8 Å². The second kappa shape index (κ2) is 13.5. The van der Waals surface area contributed by atoms with Crippen LogP contribution in [0.15, 0.2) is 100 Å². The third kappa shape index (κ3) is 8.71. The average Bonchev–Trinajstić information content (AvgIpc) is 3.46. The molecule has 0 radical (unpaired) electrons. The van der Waals surface area contributed by atoms with Crippen LogP contribution in [-0.2, 0) is 15.8 Å². The number of nitrogens with one attached hydrogen (secondary N) is 3. The Kier molecular flexibility index (Phi) is 9.87. The fraction of sp³-hybridized carbons (Fsp3) is 0.0690. The van der Waals surface area contributed by atoms with E-state index >= 15 is 0 Å². The van der Waals surface area contributed by atoms with Crippen LogP contribution in [0.5, 0.6) is 0 Å². The molecule has 1 heterocycles. The van der Waals surface area contributed by atoms with Crippen LogP contribution < -0.4 is 16.0 Å². The van der Waals surface area contributed by atoms with E-state index in [4.69, 9.17) is 11.6 Å². The number of halogens is 4. The molecule has 0 unspecified atom stereocenters. The van der Waals surface area contributed by atoms with Gasteiger partial charge in [-0.1, -0.05) is 29.8 Å². The minimum absolute atomic E-state index is 0.0104. The molecule has 210 valence electrons. The molecule has 12 heteroatoms. The van der Waals surface area contributed by atoms with Crippen molar-refractivity contribution in [2.75, 3.05) is 16.4 Å². The molecule has 4 rings (SSSR count). The van der Waals surface area contributed by atoms with Crippen LogP contribution in [0.25, 0.3) is 6.08 Å². The van der Waals surface area contributed by atoms with Crippen LogP contribution in [-0.4, -0.2) is 23.5 Å². The van der Waals surface area contributed by atoms with Crippen molar-refractivity contribution in [3.8, 4) is 0 Å². The molecule has 3 N–H and O–H groups in total. The van der Waals surface area contributed by atoms with E-state index in [-0.39, 0.29) is 22.2 Å². The van der Waals surface area contributed by atoms with Crippen LogP contribution in [0.2, 0.25) is 5.02 Å². The van der Waals surface area contributed by atoms with Crippen molar-refractivity contribution >= 4 is 69.9 Å². The van der Waals surface area contributed by atoms with Crippen LogP contribution in [0.3, 0.4) is 0 Å². The first-order valence-corrected chi connectivity index (χ1v) is 14.2. The number of carbonyl (C=O) groups is 3. The number of alkyl halides is 3. The quantitative estimate of drug-likeness (QED) is 0.134. The molecule has 4 aromatic rings. The van der Waals surface area contributed by atoms with Crippen molar-refractivity contribution in [1.29, 1.82) is 0 Å². The van der Waals surface area contributed by atoms with Gasteiger partial charge in [0.1, 0.15) is 5.70 Å². The van der Waals surface area contributed by atoms with Crippen molar-refractivity contribution in [2.45, 2.75) is 11.1 Å². The van der Waals surface area contributed by atoms with Crippen LogP contribution >= 0.6 is 34.7 Å². The predicted molar refractivity (Wildman–Crippen MR) is 157 cm³/mol. The molecule has 0 bridgehead atoms. The molecule has 0 aliphatic heterocycles. The van der Waals surface area contributed by atoms with E-state index < -0.39 is 29.5 Å². The Morgan fingerprint density at radius 2 is 1.66 bits per heavy atom. The van der Waals surface area contributed by atoms with Crippen LogP contribution in [0.1, 0.15) is 21.5 Å². The summed E-state index contributed by atoms with van der Waals surface area (Å²) in [4.78, 5) is 38.8. The summed E-state index contributed by atoms with van der Waals surface area (Å²) < 4.78 is 38.9. The largest absolute Gasteiger partial charge is 0.416 e. The summed E-state index contributed by atoms with van der Waals surface area (Å²) in [6.07, 6.45) is -2.99. The molecule has 0 saturated carbocycles. The van der Waals surface area contributed by atoms with E-state index in [2.05, 4.69) is 16.0 Å². The van der Waals surface area contributed by atoms with Gasteiger partial charge in [0.15, 0.2) is 0 Å². The van der Waals surface area contributed by atoms with Crippen LogP contribution in [0, 0.1) is 0 Å². The highest BCUT2D eigenvalue weighted by molar-refractivity contribution is 8.00. The molecule has 0 atom stereocenters. The van der Waals surface area contributed by atoms with E-state index in [0.717, 1.165) is 35.5 Å². The summed E-state index contributed by atoms with van der Waals surface area (Å²) in [6.45, 7) is 0. The van der Waals surface area contributed by atoms with Gasteiger partial charge in [-0.25, -0.2) is 0 Å². The smallest absolute Gasteiger partial charge is 0.324 e. The van der Waals surface area contributed by atoms with Crippen molar-refractivity contribution in [2.24, 2.45) is 0 Å². The molecular weight excluding hydrogens is 595 g/mol. The van der Waals surface area contributed by atoms with Crippen molar-refractivity contribution in [1.82, 2.24) is 5.32 Å². The summed E-state index contributed by atoms with van der Waals surface area (Å²) in [5.41, 5.74) is 0.610. The third-order valence-corrected chi connectivity index (χ3v) is 7.48. The maximum atomic E-state index is 13.1. The molecule has 0 aliphatic carbocycles. The van der Waals surface area contributed by atoms with Gasteiger partial charge in [0.2, 0.25) is 5.91 Å². The molecule has 0 saturated heterocycles. The molecular formula is C29H21ClF3N3O3S2. The normalized spacial score (nSPS) is 11.6. The average molecular weight is 616 g/mol. The lowest BCUT2D eigenvalue weighted by Gasteiger charge is -2.12. The molecule has 6 nitrogen and oxygen atoms in total. The Hall–Kier alpha value is -4.06. The van der Waals surface area contributed by atoms with Gasteiger partial charge < -0.3 is 16.0 Å². The second-order valence-corrected chi connectivity index (χ2v) is 10.7. The van der Waals surface area contributed by atoms with Gasteiger partial charge in [-0.3, -0.25) is 14.4 Å². The van der Waals surface area contributed by atoms with E-state index in [0.29, 0.717) is 16.1 Å². The highest BCUT2D eigenvalue weighted by Gasteiger charge is 2.31. The standard InChI is InChI=1S/C29H21ClF3N3O3S2/c30-23-11-6-20(29(31,32)33)15-24(23)35-26(37)17-41-22-9-7-21(8-10-22)34-28(39)25(14-18-12-13-40-16-18)36-27(38)19-4-2-1-3-5-19/h1-16H,17H2,(H,34,39)(H,35,37)(H,36,38)/b25-14-. The summed E-state index contributed by atoms with van der Waals surface area (Å²) >= 11 is 8.54. The van der Waals surface area contributed by atoms with Crippen molar-refractivity contribution in [3.05, 3.63) is 117 Å². The maximum Gasteiger partial charge on any atom is 0.416 e. The first-order chi connectivity index (χ1) is 19.6. The monoisotopic (exact) mass is 615 g/mol. The summed E-state index contributed by atoms with van der Waals surface area (Å²) in [7, 11) is 0. The highest BCUT2D eigenvalue weighted by Crippen LogP contribution is 2.34. The van der Waals surface area contributed by atoms with Gasteiger partial charge in [-0.2, -0.15) is 24.5 Å². The predicted octanol–water partition coefficient (Wildman–Crippen LogP) is 7.56. The zero-order chi connectivity index (χ0) is 29.4. The number of thioether (sulfide) groups is 1. The van der Waals surface area contributed by atoms with E-state index in [9.17, 15) is 27.6 Å². The highest BCUT2D eigenvalue weighted by atomic mass is 35.5. The van der Waals surface area contributed by atoms with Gasteiger partial charge in [-0.05, 0) is 83.1 Å². The first-order valence-electron chi connectivity index (χ1n) is 11.9. The Bertz CT molecular complexity index is 1560. The maximum absolute atomic E-state index is 13.1. The number of carbonyl (C=O) groups excluding carboxylic acids is 3. The Morgan fingerprint density at radius 3 is 2.32 bits per heavy atom. The van der Waals surface area contributed by atoms with Gasteiger partial charge >= 0.3 is 6.18 Å². The lowest BCUT2D eigenvalue weighted by atomic mass is 10.2. The Labute approximate surface area is 246 Å². The number of hydrogen-bond acceptors (Lipinski definition) is 5. The van der Waals surface area contributed by atoms with Crippen molar-refractivity contribution in [3.63, 3.8) is 0 Å². The molecule has 0 fully saturated rings. The number of benzene rings is 3. The minimum atomic E-state index is -4.57. The van der Waals surface area contributed by atoms with Gasteiger partial charge in [-0.15, -0.1) is 11.8 Å². The Balaban J connectivity index is 1.36. The van der Waals surface area contributed by atoms with Crippen molar-refractivity contribution < 1.29 is 27.6 Å². The summed E-state index contributed by atoms with van der Waals surface area (Å²) in [5.74, 6) is -1.58. The third-order valence-electron chi connectivity index (χ3n) is 5.43. The van der Waals surface area contributed by atoms with E-state index in [1.54, 1.807) is 60.7 Å². The lowest BCUT2D eigenvalue weighted by molar-refractivity contribution is -0.137. The molecule has 0 aliphatic rings. The van der Waals surface area contributed by atoms with Crippen LogP contribution in [0.4, 0.5) is 24.5 Å². The fourth-order valence-electron chi connectivity index (χ4n) is 3.43. The SMILES string of the molecule is O=C(CSc1ccc(NC(=O)/C(=C/c2ccsc2)NC(=O)c2ccccc2)cc1)Nc1cc(C(F)(F)F)ccc1Cl. The molecule has 41 heavy (non-hydrogen) atoms. The number of anilines is 2. The zero-order valence-corrected chi connectivity index (χ0v) is 23.4. The number of thiophene rings is 1. The summed E-state index contributed by atoms with van der Waals surface area (Å²) in [6, 6.07) is 19.6. The molecule has 3 aromatic carbocycles. The van der Waals surface area contributed by atoms with Gasteiger partial charge in [0.05, 0.1) is 22.0 Å². The zero-order valence-electron chi connectivity index (χ0n) is 21.0. The number of hydrogen-bond donors (Lipinski definition) is 3. The van der Waals surface area contributed by atoms with E-state index in [1.165, 1.54) is 11.3 Å². The molecule has 0 spiro atoms. The second-order valence-electron chi connectivity index (χ2n) is 8.44.